The van der Waals surface area contributed by atoms with E-state index in [4.69, 9.17) is 0 Å². The summed E-state index contributed by atoms with van der Waals surface area (Å²) in [7, 11) is 0. The number of alkyl halides is 6. The second kappa shape index (κ2) is 4.57. The summed E-state index contributed by atoms with van der Waals surface area (Å²) in [6.07, 6.45) is -8.79. The van der Waals surface area contributed by atoms with Gasteiger partial charge in [-0.3, -0.25) is 0 Å². The summed E-state index contributed by atoms with van der Waals surface area (Å²) in [4.78, 5) is 0.158. The first-order valence-corrected chi connectivity index (χ1v) is 5.04. The van der Waals surface area contributed by atoms with E-state index in [1.165, 1.54) is 0 Å². The molecule has 0 unspecified atom stereocenters. The maximum atomic E-state index is 12.1. The number of hydrogen-bond donors (Lipinski definition) is 0. The Kier molecular flexibility index (Phi) is 3.77. The van der Waals surface area contributed by atoms with Gasteiger partial charge in [-0.15, -0.1) is 11.8 Å². The normalized spacial score (nSPS) is 12.9. The van der Waals surface area contributed by atoms with Crippen LogP contribution in [0.4, 0.5) is 26.3 Å². The van der Waals surface area contributed by atoms with Gasteiger partial charge in [0, 0.05) is 4.90 Å². The Balaban J connectivity index is 2.66. The molecule has 0 nitrogen and oxygen atoms in total. The zero-order valence-corrected chi connectivity index (χ0v) is 8.51. The van der Waals surface area contributed by atoms with Gasteiger partial charge in [0.2, 0.25) is 0 Å². The van der Waals surface area contributed by atoms with Crippen molar-refractivity contribution in [1.29, 1.82) is 0 Å². The second-order valence-electron chi connectivity index (χ2n) is 2.93. The largest absolute Gasteiger partial charge is 0.416 e. The SMILES string of the molecule is FC(F)(F)CSc1ccc(C(F)(F)F)cc1. The molecule has 0 saturated heterocycles. The van der Waals surface area contributed by atoms with Gasteiger partial charge >= 0.3 is 12.4 Å². The summed E-state index contributed by atoms with van der Waals surface area (Å²) in [6, 6.07) is 3.58. The van der Waals surface area contributed by atoms with Crippen LogP contribution in [-0.4, -0.2) is 11.9 Å². The molecular weight excluding hydrogens is 254 g/mol. The zero-order valence-electron chi connectivity index (χ0n) is 7.69. The van der Waals surface area contributed by atoms with Crippen molar-refractivity contribution in [2.75, 3.05) is 5.75 Å². The highest BCUT2D eigenvalue weighted by Crippen LogP contribution is 2.32. The Morgan fingerprint density at radius 3 is 1.75 bits per heavy atom. The van der Waals surface area contributed by atoms with Crippen molar-refractivity contribution in [3.63, 3.8) is 0 Å². The lowest BCUT2D eigenvalue weighted by Gasteiger charge is -2.08. The van der Waals surface area contributed by atoms with Crippen LogP contribution in [0.3, 0.4) is 0 Å². The lowest BCUT2D eigenvalue weighted by Crippen LogP contribution is -2.10. The fourth-order valence-corrected chi connectivity index (χ4v) is 1.56. The molecule has 0 bridgehead atoms. The minimum absolute atomic E-state index is 0.158. The zero-order chi connectivity index (χ0) is 12.4. The van der Waals surface area contributed by atoms with Crippen LogP contribution in [0, 0.1) is 0 Å². The van der Waals surface area contributed by atoms with E-state index in [-0.39, 0.29) is 4.90 Å². The van der Waals surface area contributed by atoms with Gasteiger partial charge in [-0.2, -0.15) is 26.3 Å². The van der Waals surface area contributed by atoms with Crippen molar-refractivity contribution in [1.82, 2.24) is 0 Å². The van der Waals surface area contributed by atoms with E-state index in [0.29, 0.717) is 11.8 Å². The Labute approximate surface area is 91.6 Å². The monoisotopic (exact) mass is 260 g/mol. The predicted molar refractivity (Wildman–Crippen MR) is 48.2 cm³/mol. The van der Waals surface area contributed by atoms with Crippen molar-refractivity contribution in [2.45, 2.75) is 17.2 Å². The summed E-state index contributed by atoms with van der Waals surface area (Å²) in [5.41, 5.74) is -0.871. The number of thioether (sulfide) groups is 1. The summed E-state index contributed by atoms with van der Waals surface area (Å²) < 4.78 is 71.8. The lowest BCUT2D eigenvalue weighted by molar-refractivity contribution is -0.137. The van der Waals surface area contributed by atoms with E-state index in [1.807, 2.05) is 0 Å². The van der Waals surface area contributed by atoms with Crippen LogP contribution in [0.2, 0.25) is 0 Å². The molecule has 90 valence electrons. The van der Waals surface area contributed by atoms with E-state index in [9.17, 15) is 26.3 Å². The van der Waals surface area contributed by atoms with Gasteiger partial charge in [-0.25, -0.2) is 0 Å². The van der Waals surface area contributed by atoms with E-state index in [0.717, 1.165) is 24.3 Å². The maximum Gasteiger partial charge on any atom is 0.416 e. The molecule has 0 saturated carbocycles. The van der Waals surface area contributed by atoms with Crippen molar-refractivity contribution in [2.24, 2.45) is 0 Å². The Morgan fingerprint density at radius 2 is 1.38 bits per heavy atom. The van der Waals surface area contributed by atoms with Crippen molar-refractivity contribution >= 4 is 11.8 Å². The number of halogens is 6. The van der Waals surface area contributed by atoms with Crippen LogP contribution >= 0.6 is 11.8 Å². The molecule has 0 aliphatic rings. The van der Waals surface area contributed by atoms with Crippen molar-refractivity contribution in [3.05, 3.63) is 29.8 Å². The topological polar surface area (TPSA) is 0 Å². The first-order valence-electron chi connectivity index (χ1n) is 4.05. The lowest BCUT2D eigenvalue weighted by atomic mass is 10.2. The van der Waals surface area contributed by atoms with Gasteiger partial charge in [0.15, 0.2) is 0 Å². The highest BCUT2D eigenvalue weighted by atomic mass is 32.2. The standard InChI is InChI=1S/C9H6F6S/c10-8(11,12)5-16-7-3-1-6(2-4-7)9(13,14)15/h1-4H,5H2. The molecule has 0 fully saturated rings. The van der Waals surface area contributed by atoms with Gasteiger partial charge in [0.25, 0.3) is 0 Å². The van der Waals surface area contributed by atoms with E-state index in [1.54, 1.807) is 0 Å². The van der Waals surface area contributed by atoms with Gasteiger partial charge in [0.05, 0.1) is 11.3 Å². The van der Waals surface area contributed by atoms with Crippen LogP contribution in [0.25, 0.3) is 0 Å². The van der Waals surface area contributed by atoms with Crippen molar-refractivity contribution < 1.29 is 26.3 Å². The average molecular weight is 260 g/mol. The molecule has 1 rings (SSSR count). The molecule has 0 aromatic heterocycles. The highest BCUT2D eigenvalue weighted by Gasteiger charge is 2.30. The molecule has 0 heterocycles. The second-order valence-corrected chi connectivity index (χ2v) is 3.97. The van der Waals surface area contributed by atoms with Crippen LogP contribution < -0.4 is 0 Å². The van der Waals surface area contributed by atoms with Crippen LogP contribution in [-0.2, 0) is 6.18 Å². The molecular formula is C9H6F6S. The molecule has 1 aromatic rings. The molecule has 0 aliphatic heterocycles. The smallest absolute Gasteiger partial charge is 0.170 e. The maximum absolute atomic E-state index is 12.1. The van der Waals surface area contributed by atoms with E-state index in [2.05, 4.69) is 0 Å². The van der Waals surface area contributed by atoms with Gasteiger partial charge < -0.3 is 0 Å². The predicted octanol–water partition coefficient (Wildman–Crippen LogP) is 4.36. The van der Waals surface area contributed by atoms with Crippen LogP contribution in [0.1, 0.15) is 5.56 Å². The van der Waals surface area contributed by atoms with Crippen molar-refractivity contribution in [3.8, 4) is 0 Å². The fraction of sp³-hybridized carbons (Fsp3) is 0.333. The van der Waals surface area contributed by atoms with Crippen LogP contribution in [0.5, 0.6) is 0 Å². The minimum Gasteiger partial charge on any atom is -0.170 e. The first kappa shape index (κ1) is 13.2. The third-order valence-corrected chi connectivity index (χ3v) is 2.66. The van der Waals surface area contributed by atoms with E-state index >= 15 is 0 Å². The average Bonchev–Trinajstić information content (AvgIpc) is 2.13. The summed E-state index contributed by atoms with van der Waals surface area (Å²) >= 11 is 0.454. The Morgan fingerprint density at radius 1 is 0.875 bits per heavy atom. The summed E-state index contributed by atoms with van der Waals surface area (Å²) in [5, 5.41) is 0. The van der Waals surface area contributed by atoms with Gasteiger partial charge in [0.1, 0.15) is 0 Å². The molecule has 0 N–H and O–H groups in total. The quantitative estimate of drug-likeness (QED) is 0.562. The molecule has 0 atom stereocenters. The molecule has 0 aliphatic carbocycles. The highest BCUT2D eigenvalue weighted by molar-refractivity contribution is 7.99. The molecule has 0 spiro atoms. The molecule has 0 amide bonds. The number of rotatable bonds is 2. The summed E-state index contributed by atoms with van der Waals surface area (Å²) in [6.45, 7) is 0. The molecule has 7 heteroatoms. The van der Waals surface area contributed by atoms with Crippen LogP contribution in [0.15, 0.2) is 29.2 Å². The fourth-order valence-electron chi connectivity index (χ4n) is 0.905. The minimum atomic E-state index is -4.47. The molecule has 16 heavy (non-hydrogen) atoms. The number of benzene rings is 1. The van der Waals surface area contributed by atoms with Gasteiger partial charge in [-0.05, 0) is 24.3 Å². The van der Waals surface area contributed by atoms with E-state index < -0.39 is 23.7 Å². The first-order chi connectivity index (χ1) is 7.18. The van der Waals surface area contributed by atoms with Gasteiger partial charge in [-0.1, -0.05) is 0 Å². The molecule has 1 aromatic carbocycles. The third kappa shape index (κ3) is 4.34. The molecule has 0 radical (unpaired) electrons. The Bertz CT molecular complexity index is 337. The summed E-state index contributed by atoms with van der Waals surface area (Å²) in [5.74, 6) is -1.11. The Hall–Kier alpha value is -0.850. The third-order valence-electron chi connectivity index (χ3n) is 1.58. The number of hydrogen-bond acceptors (Lipinski definition) is 1.